The minimum atomic E-state index is -4.09. The fourth-order valence-corrected chi connectivity index (χ4v) is 2.49. The molecule has 3 nitrogen and oxygen atoms in total. The number of nitrogens with two attached hydrogens (primary N) is 1. The van der Waals surface area contributed by atoms with Crippen molar-refractivity contribution >= 4 is 5.69 Å². The lowest BCUT2D eigenvalue weighted by Gasteiger charge is -2.30. The summed E-state index contributed by atoms with van der Waals surface area (Å²) in [5, 5.41) is 0. The summed E-state index contributed by atoms with van der Waals surface area (Å²) < 4.78 is 48.4. The molecule has 0 saturated heterocycles. The smallest absolute Gasteiger partial charge is 0.391 e. The van der Waals surface area contributed by atoms with Gasteiger partial charge in [0.05, 0.1) is 24.8 Å². The normalized spacial score (nSPS) is 23.4. The van der Waals surface area contributed by atoms with Crippen LogP contribution in [0.1, 0.15) is 25.7 Å². The molecule has 0 radical (unpaired) electrons. The zero-order valence-electron chi connectivity index (χ0n) is 11.2. The number of anilines is 1. The molecule has 0 heterocycles. The molecule has 1 saturated carbocycles. The lowest BCUT2D eigenvalue weighted by Crippen LogP contribution is -2.31. The van der Waals surface area contributed by atoms with Gasteiger partial charge in [-0.3, -0.25) is 0 Å². The van der Waals surface area contributed by atoms with E-state index in [1.807, 2.05) is 0 Å². The van der Waals surface area contributed by atoms with Crippen molar-refractivity contribution in [3.63, 3.8) is 0 Å². The summed E-state index contributed by atoms with van der Waals surface area (Å²) >= 11 is 0. The summed E-state index contributed by atoms with van der Waals surface area (Å²) in [4.78, 5) is 0. The Morgan fingerprint density at radius 1 is 1.15 bits per heavy atom. The van der Waals surface area contributed by atoms with Crippen LogP contribution in [0.5, 0.6) is 11.5 Å². The quantitative estimate of drug-likeness (QED) is 0.861. The van der Waals surface area contributed by atoms with Gasteiger partial charge in [-0.2, -0.15) is 13.2 Å². The van der Waals surface area contributed by atoms with Gasteiger partial charge in [-0.15, -0.1) is 0 Å². The van der Waals surface area contributed by atoms with Crippen molar-refractivity contribution in [1.29, 1.82) is 0 Å². The van der Waals surface area contributed by atoms with Gasteiger partial charge in [0.2, 0.25) is 0 Å². The number of benzene rings is 1. The van der Waals surface area contributed by atoms with Crippen LogP contribution in [-0.4, -0.2) is 19.4 Å². The van der Waals surface area contributed by atoms with Crippen LogP contribution in [0.2, 0.25) is 0 Å². The van der Waals surface area contributed by atoms with Gasteiger partial charge in [-0.25, -0.2) is 0 Å². The number of alkyl halides is 3. The molecule has 0 unspecified atom stereocenters. The predicted octanol–water partition coefficient (Wildman–Crippen LogP) is 3.78. The first-order valence-electron chi connectivity index (χ1n) is 6.57. The van der Waals surface area contributed by atoms with Crippen LogP contribution in [0.3, 0.4) is 0 Å². The van der Waals surface area contributed by atoms with E-state index in [9.17, 15) is 13.2 Å². The molecule has 0 spiro atoms. The van der Waals surface area contributed by atoms with Crippen LogP contribution < -0.4 is 15.2 Å². The second-order valence-corrected chi connectivity index (χ2v) is 5.04. The van der Waals surface area contributed by atoms with E-state index in [1.54, 1.807) is 18.2 Å². The van der Waals surface area contributed by atoms with E-state index in [2.05, 4.69) is 0 Å². The summed E-state index contributed by atoms with van der Waals surface area (Å²) in [7, 11) is 1.52. The fraction of sp³-hybridized carbons (Fsp3) is 0.571. The Bertz CT molecular complexity index is 454. The Labute approximate surface area is 115 Å². The highest BCUT2D eigenvalue weighted by Crippen LogP contribution is 2.38. The standard InChI is InChI=1S/C14H18F3NO2/c1-19-13-7-6-11(8-12(13)18)20-10-4-2-9(3-5-10)14(15,16)17/h6-10H,2-5,18H2,1H3. The van der Waals surface area contributed by atoms with E-state index in [1.165, 1.54) is 7.11 Å². The van der Waals surface area contributed by atoms with E-state index in [0.29, 0.717) is 30.0 Å². The molecule has 0 atom stereocenters. The van der Waals surface area contributed by atoms with E-state index in [-0.39, 0.29) is 18.9 Å². The van der Waals surface area contributed by atoms with Crippen LogP contribution in [0.15, 0.2) is 18.2 Å². The first-order chi connectivity index (χ1) is 9.40. The predicted molar refractivity (Wildman–Crippen MR) is 69.8 cm³/mol. The van der Waals surface area contributed by atoms with Crippen molar-refractivity contribution in [2.24, 2.45) is 5.92 Å². The van der Waals surface area contributed by atoms with E-state index in [4.69, 9.17) is 15.2 Å². The molecule has 1 aromatic carbocycles. The van der Waals surface area contributed by atoms with Gasteiger partial charge >= 0.3 is 6.18 Å². The highest BCUT2D eigenvalue weighted by Gasteiger charge is 2.41. The molecular formula is C14H18F3NO2. The third kappa shape index (κ3) is 3.49. The zero-order valence-corrected chi connectivity index (χ0v) is 11.2. The van der Waals surface area contributed by atoms with Crippen LogP contribution in [-0.2, 0) is 0 Å². The van der Waals surface area contributed by atoms with Crippen LogP contribution in [0, 0.1) is 5.92 Å². The molecular weight excluding hydrogens is 271 g/mol. The highest BCUT2D eigenvalue weighted by molar-refractivity contribution is 5.56. The van der Waals surface area contributed by atoms with Gasteiger partial charge in [0.15, 0.2) is 0 Å². The number of halogens is 3. The molecule has 0 aromatic heterocycles. The van der Waals surface area contributed by atoms with Gasteiger partial charge < -0.3 is 15.2 Å². The maximum Gasteiger partial charge on any atom is 0.391 e. The monoisotopic (exact) mass is 289 g/mol. The molecule has 1 aliphatic carbocycles. The third-order valence-corrected chi connectivity index (χ3v) is 3.64. The molecule has 112 valence electrons. The molecule has 2 rings (SSSR count). The highest BCUT2D eigenvalue weighted by atomic mass is 19.4. The van der Waals surface area contributed by atoms with Gasteiger partial charge in [0, 0.05) is 6.07 Å². The Balaban J connectivity index is 1.91. The Morgan fingerprint density at radius 2 is 1.80 bits per heavy atom. The Hall–Kier alpha value is -1.59. The molecule has 0 bridgehead atoms. The second-order valence-electron chi connectivity index (χ2n) is 5.04. The van der Waals surface area contributed by atoms with Crippen molar-refractivity contribution in [3.8, 4) is 11.5 Å². The first-order valence-corrected chi connectivity index (χ1v) is 6.57. The average molecular weight is 289 g/mol. The SMILES string of the molecule is COc1ccc(OC2CCC(C(F)(F)F)CC2)cc1N. The van der Waals surface area contributed by atoms with Crippen molar-refractivity contribution < 1.29 is 22.6 Å². The third-order valence-electron chi connectivity index (χ3n) is 3.64. The van der Waals surface area contributed by atoms with Crippen LogP contribution in [0.4, 0.5) is 18.9 Å². The summed E-state index contributed by atoms with van der Waals surface area (Å²) in [6, 6.07) is 5.03. The number of hydrogen-bond donors (Lipinski definition) is 1. The number of methoxy groups -OCH3 is 1. The van der Waals surface area contributed by atoms with Crippen molar-refractivity contribution in [1.82, 2.24) is 0 Å². The van der Waals surface area contributed by atoms with E-state index in [0.717, 1.165) is 0 Å². The maximum atomic E-state index is 12.6. The van der Waals surface area contributed by atoms with Crippen molar-refractivity contribution in [2.45, 2.75) is 38.0 Å². The minimum absolute atomic E-state index is 0.125. The van der Waals surface area contributed by atoms with Gasteiger partial charge in [0.1, 0.15) is 11.5 Å². The molecule has 0 aliphatic heterocycles. The van der Waals surface area contributed by atoms with Crippen molar-refractivity contribution in [3.05, 3.63) is 18.2 Å². The zero-order chi connectivity index (χ0) is 14.8. The summed E-state index contributed by atoms with van der Waals surface area (Å²) in [5.74, 6) is -0.0693. The van der Waals surface area contributed by atoms with Gasteiger partial charge in [0.25, 0.3) is 0 Å². The molecule has 2 N–H and O–H groups in total. The Morgan fingerprint density at radius 3 is 2.30 bits per heavy atom. The molecule has 1 aliphatic rings. The summed E-state index contributed by atoms with van der Waals surface area (Å²) in [5.41, 5.74) is 6.22. The molecule has 1 aromatic rings. The van der Waals surface area contributed by atoms with E-state index >= 15 is 0 Å². The lowest BCUT2D eigenvalue weighted by atomic mass is 9.87. The summed E-state index contributed by atoms with van der Waals surface area (Å²) in [6.45, 7) is 0. The van der Waals surface area contributed by atoms with Crippen LogP contribution >= 0.6 is 0 Å². The molecule has 20 heavy (non-hydrogen) atoms. The fourth-order valence-electron chi connectivity index (χ4n) is 2.49. The summed E-state index contributed by atoms with van der Waals surface area (Å²) in [6.07, 6.45) is -3.19. The number of nitrogen functional groups attached to an aromatic ring is 1. The molecule has 0 amide bonds. The largest absolute Gasteiger partial charge is 0.495 e. The number of rotatable bonds is 3. The minimum Gasteiger partial charge on any atom is -0.495 e. The van der Waals surface area contributed by atoms with Gasteiger partial charge in [-0.1, -0.05) is 0 Å². The van der Waals surface area contributed by atoms with Gasteiger partial charge in [-0.05, 0) is 37.8 Å². The first kappa shape index (κ1) is 14.8. The maximum absolute atomic E-state index is 12.6. The average Bonchev–Trinajstić information content (AvgIpc) is 2.38. The number of ether oxygens (including phenoxy) is 2. The molecule has 1 fully saturated rings. The Kier molecular flexibility index (Phi) is 4.30. The second kappa shape index (κ2) is 5.81. The number of hydrogen-bond acceptors (Lipinski definition) is 3. The lowest BCUT2D eigenvalue weighted by molar-refractivity contribution is -0.185. The topological polar surface area (TPSA) is 44.5 Å². The van der Waals surface area contributed by atoms with E-state index < -0.39 is 12.1 Å². The molecule has 6 heteroatoms. The van der Waals surface area contributed by atoms with Crippen LogP contribution in [0.25, 0.3) is 0 Å². The van der Waals surface area contributed by atoms with Crippen molar-refractivity contribution in [2.75, 3.05) is 12.8 Å².